The molecule has 1 spiro atoms. The first-order chi connectivity index (χ1) is 17.4. The molecule has 36 heavy (non-hydrogen) atoms. The monoisotopic (exact) mass is 499 g/mol. The van der Waals surface area contributed by atoms with Gasteiger partial charge in [0.25, 0.3) is 0 Å². The van der Waals surface area contributed by atoms with Gasteiger partial charge in [0, 0.05) is 53.4 Å². The zero-order valence-electron chi connectivity index (χ0n) is 21.4. The fourth-order valence-electron chi connectivity index (χ4n) is 7.49. The van der Waals surface area contributed by atoms with Gasteiger partial charge in [0.15, 0.2) is 5.75 Å². The number of ether oxygens (including phenoxy) is 1. The summed E-state index contributed by atoms with van der Waals surface area (Å²) in [5.41, 5.74) is 3.50. The van der Waals surface area contributed by atoms with E-state index in [1.54, 1.807) is 0 Å². The Balaban J connectivity index is 1.34. The highest BCUT2D eigenvalue weighted by molar-refractivity contribution is 6.30. The second-order valence-corrected chi connectivity index (χ2v) is 12.2. The minimum atomic E-state index is -0.719. The minimum absolute atomic E-state index is 0.338. The molecule has 3 heterocycles. The lowest BCUT2D eigenvalue weighted by molar-refractivity contribution is 0.0827. The van der Waals surface area contributed by atoms with Gasteiger partial charge in [-0.1, -0.05) is 55.1 Å². The number of nitrogens with zero attached hydrogens (tertiary/aromatic N) is 3. The van der Waals surface area contributed by atoms with Crippen LogP contribution in [0.2, 0.25) is 5.02 Å². The Labute approximate surface area is 218 Å². The van der Waals surface area contributed by atoms with Crippen molar-refractivity contribution in [1.29, 1.82) is 0 Å². The van der Waals surface area contributed by atoms with E-state index in [2.05, 4.69) is 73.2 Å². The van der Waals surface area contributed by atoms with Gasteiger partial charge in [-0.3, -0.25) is 4.99 Å². The summed E-state index contributed by atoms with van der Waals surface area (Å²) in [5.74, 6) is 2.59. The fraction of sp³-hybridized carbons (Fsp3) is 0.452. The van der Waals surface area contributed by atoms with Crippen molar-refractivity contribution in [2.45, 2.75) is 57.1 Å². The van der Waals surface area contributed by atoms with Gasteiger partial charge in [-0.15, -0.1) is 0 Å². The quantitative estimate of drug-likeness (QED) is 0.343. The molecule has 0 aromatic heterocycles. The summed E-state index contributed by atoms with van der Waals surface area (Å²) in [6.07, 6.45) is 8.89. The average molecular weight is 500 g/mol. The van der Waals surface area contributed by atoms with Crippen LogP contribution in [0.4, 0.5) is 17.1 Å². The van der Waals surface area contributed by atoms with Crippen molar-refractivity contribution in [3.8, 4) is 5.75 Å². The van der Waals surface area contributed by atoms with Crippen molar-refractivity contribution in [2.75, 3.05) is 29.9 Å². The van der Waals surface area contributed by atoms with Crippen molar-refractivity contribution in [3.63, 3.8) is 0 Å². The van der Waals surface area contributed by atoms with Gasteiger partial charge in [0.1, 0.15) is 5.69 Å². The number of halogens is 1. The van der Waals surface area contributed by atoms with Gasteiger partial charge >= 0.3 is 0 Å². The third kappa shape index (κ3) is 3.03. The van der Waals surface area contributed by atoms with E-state index >= 15 is 0 Å². The first-order valence-electron chi connectivity index (χ1n) is 13.5. The molecule has 0 radical (unpaired) electrons. The van der Waals surface area contributed by atoms with E-state index in [0.717, 1.165) is 47.1 Å². The molecule has 186 valence electrons. The SMILES string of the molecule is CN1c2ccc(Cl)cc2C(C)(C)C12C=Nc1c(cc(N3CCC4CCCCC4C3)c3ccccc13)O2. The smallest absolute Gasteiger partial charge is 0.228 e. The van der Waals surface area contributed by atoms with Gasteiger partial charge in [0.05, 0.1) is 11.6 Å². The number of hydrogen-bond acceptors (Lipinski definition) is 4. The molecule has 3 aliphatic heterocycles. The summed E-state index contributed by atoms with van der Waals surface area (Å²) in [6.45, 7) is 6.74. The molecule has 0 bridgehead atoms. The summed E-state index contributed by atoms with van der Waals surface area (Å²) in [5, 5.41) is 3.19. The van der Waals surface area contributed by atoms with Crippen LogP contribution < -0.4 is 14.5 Å². The Morgan fingerprint density at radius 2 is 1.72 bits per heavy atom. The van der Waals surface area contributed by atoms with Gasteiger partial charge in [-0.05, 0) is 62.3 Å². The summed E-state index contributed by atoms with van der Waals surface area (Å²) in [7, 11) is 2.11. The standard InChI is InChI=1S/C31H34ClN3O/c1-30(2)25-16-22(32)12-13-26(25)34(3)31(30)19-33-29-24-11-7-6-10-23(24)27(17-28(29)36-31)35-15-14-20-8-4-5-9-21(20)18-35/h6-7,10-13,16-17,19-21H,4-5,8-9,14-15,18H2,1-3H3. The number of rotatable bonds is 1. The van der Waals surface area contributed by atoms with E-state index in [1.807, 2.05) is 12.3 Å². The highest BCUT2D eigenvalue weighted by Crippen LogP contribution is 2.55. The van der Waals surface area contributed by atoms with E-state index in [-0.39, 0.29) is 5.41 Å². The molecule has 1 aliphatic carbocycles. The summed E-state index contributed by atoms with van der Waals surface area (Å²) >= 11 is 6.43. The predicted molar refractivity (Wildman–Crippen MR) is 151 cm³/mol. The van der Waals surface area contributed by atoms with E-state index in [9.17, 15) is 0 Å². The molecule has 7 rings (SSSR count). The first kappa shape index (κ1) is 22.5. The number of hydrogen-bond donors (Lipinski definition) is 0. The molecule has 3 atom stereocenters. The zero-order valence-corrected chi connectivity index (χ0v) is 22.2. The Morgan fingerprint density at radius 3 is 2.56 bits per heavy atom. The maximum atomic E-state index is 7.08. The number of likely N-dealkylation sites (N-methyl/N-ethyl adjacent to an activating group) is 1. The van der Waals surface area contributed by atoms with Crippen molar-refractivity contribution in [1.82, 2.24) is 0 Å². The second kappa shape index (κ2) is 7.89. The van der Waals surface area contributed by atoms with Crippen LogP contribution in [0.15, 0.2) is 53.5 Å². The third-order valence-corrected chi connectivity index (χ3v) is 9.85. The number of fused-ring (bicyclic) bond motifs is 5. The van der Waals surface area contributed by atoms with Crippen LogP contribution in [0.1, 0.15) is 51.5 Å². The molecular formula is C31H34ClN3O. The van der Waals surface area contributed by atoms with Crippen molar-refractivity contribution in [3.05, 3.63) is 59.1 Å². The van der Waals surface area contributed by atoms with E-state index in [4.69, 9.17) is 21.3 Å². The Morgan fingerprint density at radius 1 is 0.944 bits per heavy atom. The van der Waals surface area contributed by atoms with Crippen LogP contribution in [0.5, 0.6) is 5.75 Å². The van der Waals surface area contributed by atoms with Crippen molar-refractivity contribution in [2.24, 2.45) is 16.8 Å². The van der Waals surface area contributed by atoms with Crippen molar-refractivity contribution >= 4 is 45.7 Å². The molecule has 3 aromatic rings. The van der Waals surface area contributed by atoms with E-state index in [1.165, 1.54) is 54.1 Å². The van der Waals surface area contributed by atoms with Crippen LogP contribution in [0.3, 0.4) is 0 Å². The molecule has 3 aromatic carbocycles. The van der Waals surface area contributed by atoms with E-state index < -0.39 is 5.72 Å². The maximum absolute atomic E-state index is 7.08. The largest absolute Gasteiger partial charge is 0.459 e. The van der Waals surface area contributed by atoms with Gasteiger partial charge in [-0.2, -0.15) is 0 Å². The van der Waals surface area contributed by atoms with Crippen LogP contribution in [0, 0.1) is 11.8 Å². The fourth-order valence-corrected chi connectivity index (χ4v) is 7.66. The van der Waals surface area contributed by atoms with Gasteiger partial charge in [-0.25, -0.2) is 0 Å². The van der Waals surface area contributed by atoms with Crippen LogP contribution >= 0.6 is 11.6 Å². The maximum Gasteiger partial charge on any atom is 0.228 e. The summed E-state index contributed by atoms with van der Waals surface area (Å²) < 4.78 is 7.08. The molecule has 0 amide bonds. The third-order valence-electron chi connectivity index (χ3n) is 9.61. The summed E-state index contributed by atoms with van der Waals surface area (Å²) in [6, 6.07) is 17.1. The molecule has 3 unspecified atom stereocenters. The Kier molecular flexibility index (Phi) is 4.92. The predicted octanol–water partition coefficient (Wildman–Crippen LogP) is 7.73. The molecule has 1 saturated heterocycles. The molecule has 4 aliphatic rings. The zero-order chi connectivity index (χ0) is 24.7. The molecule has 1 saturated carbocycles. The Hall–Kier alpha value is -2.72. The van der Waals surface area contributed by atoms with Crippen LogP contribution in [-0.4, -0.2) is 32.1 Å². The lowest BCUT2D eigenvalue weighted by Crippen LogP contribution is -2.61. The molecule has 2 fully saturated rings. The molecular weight excluding hydrogens is 466 g/mol. The van der Waals surface area contributed by atoms with Gasteiger partial charge in [0.2, 0.25) is 5.72 Å². The number of piperidine rings is 1. The average Bonchev–Trinajstić information content (AvgIpc) is 3.05. The molecule has 4 nitrogen and oxygen atoms in total. The highest BCUT2D eigenvalue weighted by atomic mass is 35.5. The number of anilines is 2. The highest BCUT2D eigenvalue weighted by Gasteiger charge is 2.58. The first-order valence-corrected chi connectivity index (χ1v) is 13.9. The van der Waals surface area contributed by atoms with Crippen molar-refractivity contribution < 1.29 is 4.74 Å². The lowest BCUT2D eigenvalue weighted by atomic mass is 9.75. The Bertz CT molecular complexity index is 1400. The second-order valence-electron chi connectivity index (χ2n) is 11.7. The lowest BCUT2D eigenvalue weighted by Gasteiger charge is -2.46. The minimum Gasteiger partial charge on any atom is -0.459 e. The molecule has 5 heteroatoms. The summed E-state index contributed by atoms with van der Waals surface area (Å²) in [4.78, 5) is 9.97. The molecule has 0 N–H and O–H groups in total. The topological polar surface area (TPSA) is 28.1 Å². The number of benzene rings is 3. The number of aliphatic imine (C=N–C) groups is 1. The van der Waals surface area contributed by atoms with Gasteiger partial charge < -0.3 is 14.5 Å². The normalized spacial score (nSPS) is 28.1. The van der Waals surface area contributed by atoms with Crippen LogP contribution in [0.25, 0.3) is 10.8 Å². The van der Waals surface area contributed by atoms with Crippen LogP contribution in [-0.2, 0) is 5.41 Å². The van der Waals surface area contributed by atoms with E-state index in [0.29, 0.717) is 0 Å².